The van der Waals surface area contributed by atoms with Gasteiger partial charge in [0.25, 0.3) is 5.91 Å². The normalized spacial score (nSPS) is 10.4. The Morgan fingerprint density at radius 1 is 1.28 bits per heavy atom. The van der Waals surface area contributed by atoms with Crippen molar-refractivity contribution < 1.29 is 9.90 Å². The first-order valence-corrected chi connectivity index (χ1v) is 6.63. The Kier molecular flexibility index (Phi) is 6.47. The fourth-order valence-corrected chi connectivity index (χ4v) is 1.98. The zero-order valence-corrected chi connectivity index (χ0v) is 11.8. The van der Waals surface area contributed by atoms with Crippen molar-refractivity contribution in [1.29, 1.82) is 0 Å². The summed E-state index contributed by atoms with van der Waals surface area (Å²) < 4.78 is 0. The molecule has 0 aliphatic carbocycles. The number of aliphatic hydroxyl groups excluding tert-OH is 1. The lowest BCUT2D eigenvalue weighted by molar-refractivity contribution is 0.0792. The molecular weight excluding hydrogens is 273 g/mol. The van der Waals surface area contributed by atoms with Crippen LogP contribution in [0, 0.1) is 0 Å². The van der Waals surface area contributed by atoms with Gasteiger partial charge in [-0.25, -0.2) is 0 Å². The highest BCUT2D eigenvalue weighted by Crippen LogP contribution is 2.21. The van der Waals surface area contributed by atoms with Gasteiger partial charge in [0, 0.05) is 25.2 Å². The molecule has 1 rings (SSSR count). The summed E-state index contributed by atoms with van der Waals surface area (Å²) in [6.07, 6.45) is 2.53. The minimum absolute atomic E-state index is 0.133. The van der Waals surface area contributed by atoms with Gasteiger partial charge < -0.3 is 10.0 Å². The van der Waals surface area contributed by atoms with Crippen LogP contribution in [0.15, 0.2) is 18.2 Å². The molecule has 0 radical (unpaired) electrons. The molecule has 0 bridgehead atoms. The fraction of sp³-hybridized carbons (Fsp3) is 0.462. The number of nitrogens with zero attached hydrogens (tertiary/aromatic N) is 1. The van der Waals surface area contributed by atoms with Crippen molar-refractivity contribution in [2.24, 2.45) is 0 Å². The summed E-state index contributed by atoms with van der Waals surface area (Å²) in [7, 11) is 1.73. The minimum atomic E-state index is -0.133. The van der Waals surface area contributed by atoms with Crippen LogP contribution < -0.4 is 0 Å². The monoisotopic (exact) mass is 289 g/mol. The summed E-state index contributed by atoms with van der Waals surface area (Å²) in [6, 6.07) is 4.86. The number of rotatable bonds is 6. The van der Waals surface area contributed by atoms with Crippen LogP contribution in [-0.4, -0.2) is 36.1 Å². The average Bonchev–Trinajstić information content (AvgIpc) is 2.36. The van der Waals surface area contributed by atoms with E-state index in [1.165, 1.54) is 0 Å². The molecule has 18 heavy (non-hydrogen) atoms. The van der Waals surface area contributed by atoms with Crippen molar-refractivity contribution in [3.63, 3.8) is 0 Å². The highest BCUT2D eigenvalue weighted by Gasteiger charge is 2.15. The van der Waals surface area contributed by atoms with Gasteiger partial charge >= 0.3 is 0 Å². The predicted octanol–water partition coefficient (Wildman–Crippen LogP) is 3.23. The van der Waals surface area contributed by atoms with Crippen LogP contribution in [0.2, 0.25) is 10.0 Å². The van der Waals surface area contributed by atoms with Gasteiger partial charge in [-0.1, -0.05) is 23.2 Å². The number of hydrogen-bond acceptors (Lipinski definition) is 2. The van der Waals surface area contributed by atoms with Gasteiger partial charge in [0.05, 0.1) is 10.6 Å². The lowest BCUT2D eigenvalue weighted by Crippen LogP contribution is -2.28. The van der Waals surface area contributed by atoms with E-state index in [2.05, 4.69) is 0 Å². The third-order valence-corrected chi connectivity index (χ3v) is 3.22. The largest absolute Gasteiger partial charge is 0.396 e. The van der Waals surface area contributed by atoms with E-state index in [-0.39, 0.29) is 12.5 Å². The smallest absolute Gasteiger partial charge is 0.255 e. The fourth-order valence-electron chi connectivity index (χ4n) is 1.61. The lowest BCUT2D eigenvalue weighted by Gasteiger charge is -2.17. The molecule has 0 fully saturated rings. The second kappa shape index (κ2) is 7.62. The second-order valence-corrected chi connectivity index (χ2v) is 4.98. The molecule has 100 valence electrons. The summed E-state index contributed by atoms with van der Waals surface area (Å²) in [5, 5.41) is 9.58. The average molecular weight is 290 g/mol. The van der Waals surface area contributed by atoms with E-state index in [1.807, 2.05) is 0 Å². The Labute approximate surface area is 117 Å². The molecule has 0 saturated heterocycles. The van der Waals surface area contributed by atoms with Crippen LogP contribution >= 0.6 is 23.2 Å². The van der Waals surface area contributed by atoms with Gasteiger partial charge in [0.2, 0.25) is 0 Å². The van der Waals surface area contributed by atoms with Gasteiger partial charge in [-0.15, -0.1) is 0 Å². The maximum absolute atomic E-state index is 12.1. The van der Waals surface area contributed by atoms with Gasteiger partial charge in [-0.3, -0.25) is 4.79 Å². The highest BCUT2D eigenvalue weighted by atomic mass is 35.5. The van der Waals surface area contributed by atoms with E-state index in [0.717, 1.165) is 19.3 Å². The number of hydrogen-bond donors (Lipinski definition) is 1. The van der Waals surface area contributed by atoms with Crippen molar-refractivity contribution in [3.05, 3.63) is 33.8 Å². The first-order valence-electron chi connectivity index (χ1n) is 5.87. The third kappa shape index (κ3) is 4.48. The molecule has 0 aliphatic heterocycles. The molecule has 0 atom stereocenters. The Hall–Kier alpha value is -0.770. The first kappa shape index (κ1) is 15.3. The number of amides is 1. The van der Waals surface area contributed by atoms with Crippen molar-refractivity contribution >= 4 is 29.1 Å². The van der Waals surface area contributed by atoms with Gasteiger partial charge in [-0.05, 0) is 37.5 Å². The van der Waals surface area contributed by atoms with E-state index >= 15 is 0 Å². The van der Waals surface area contributed by atoms with Gasteiger partial charge in [0.1, 0.15) is 0 Å². The molecule has 1 N–H and O–H groups in total. The zero-order chi connectivity index (χ0) is 13.5. The van der Waals surface area contributed by atoms with Crippen LogP contribution in [0.4, 0.5) is 0 Å². The number of halogens is 2. The topological polar surface area (TPSA) is 40.5 Å². The van der Waals surface area contributed by atoms with Crippen LogP contribution in [0.25, 0.3) is 0 Å². The standard InChI is InChI=1S/C13H17Cl2NO2/c1-16(7-3-2-4-8-17)13(18)11-9-10(14)5-6-12(11)15/h5-6,9,17H,2-4,7-8H2,1H3. The van der Waals surface area contributed by atoms with Crippen molar-refractivity contribution in [2.75, 3.05) is 20.2 Å². The summed E-state index contributed by atoms with van der Waals surface area (Å²) in [6.45, 7) is 0.833. The van der Waals surface area contributed by atoms with Crippen molar-refractivity contribution in [1.82, 2.24) is 4.90 Å². The van der Waals surface area contributed by atoms with Crippen LogP contribution in [-0.2, 0) is 0 Å². The Morgan fingerprint density at radius 3 is 2.67 bits per heavy atom. The zero-order valence-electron chi connectivity index (χ0n) is 10.3. The molecule has 0 spiro atoms. The molecule has 0 saturated carbocycles. The van der Waals surface area contributed by atoms with Crippen LogP contribution in [0.3, 0.4) is 0 Å². The molecule has 0 heterocycles. The number of aliphatic hydroxyl groups is 1. The summed E-state index contributed by atoms with van der Waals surface area (Å²) in [4.78, 5) is 13.7. The van der Waals surface area contributed by atoms with E-state index < -0.39 is 0 Å². The number of benzene rings is 1. The number of unbranched alkanes of at least 4 members (excludes halogenated alkanes) is 2. The highest BCUT2D eigenvalue weighted by molar-refractivity contribution is 6.35. The quantitative estimate of drug-likeness (QED) is 0.817. The SMILES string of the molecule is CN(CCCCCO)C(=O)c1cc(Cl)ccc1Cl. The predicted molar refractivity (Wildman–Crippen MR) is 74.4 cm³/mol. The second-order valence-electron chi connectivity index (χ2n) is 4.14. The third-order valence-electron chi connectivity index (χ3n) is 2.66. The van der Waals surface area contributed by atoms with E-state index in [0.29, 0.717) is 22.2 Å². The molecule has 3 nitrogen and oxygen atoms in total. The van der Waals surface area contributed by atoms with E-state index in [9.17, 15) is 4.79 Å². The minimum Gasteiger partial charge on any atom is -0.396 e. The van der Waals surface area contributed by atoms with Gasteiger partial charge in [0.15, 0.2) is 0 Å². The van der Waals surface area contributed by atoms with Crippen molar-refractivity contribution in [3.8, 4) is 0 Å². The Bertz CT molecular complexity index is 410. The first-order chi connectivity index (χ1) is 8.56. The van der Waals surface area contributed by atoms with Crippen LogP contribution in [0.1, 0.15) is 29.6 Å². The molecule has 1 aromatic carbocycles. The molecule has 0 unspecified atom stereocenters. The van der Waals surface area contributed by atoms with E-state index in [1.54, 1.807) is 30.1 Å². The number of carbonyl (C=O) groups is 1. The van der Waals surface area contributed by atoms with E-state index in [4.69, 9.17) is 28.3 Å². The van der Waals surface area contributed by atoms with Crippen LogP contribution in [0.5, 0.6) is 0 Å². The Balaban J connectivity index is 2.60. The molecular formula is C13H17Cl2NO2. The maximum Gasteiger partial charge on any atom is 0.255 e. The molecule has 0 aromatic heterocycles. The summed E-state index contributed by atoms with van der Waals surface area (Å²) in [5.41, 5.74) is 0.425. The molecule has 5 heteroatoms. The molecule has 1 aromatic rings. The summed E-state index contributed by atoms with van der Waals surface area (Å²) in [5.74, 6) is -0.133. The summed E-state index contributed by atoms with van der Waals surface area (Å²) >= 11 is 11.8. The number of carbonyl (C=O) groups excluding carboxylic acids is 1. The van der Waals surface area contributed by atoms with Gasteiger partial charge in [-0.2, -0.15) is 0 Å². The Morgan fingerprint density at radius 2 is 2.00 bits per heavy atom. The maximum atomic E-state index is 12.1. The molecule has 0 aliphatic rings. The lowest BCUT2D eigenvalue weighted by atomic mass is 10.2. The van der Waals surface area contributed by atoms with Crippen molar-refractivity contribution in [2.45, 2.75) is 19.3 Å². The molecule has 1 amide bonds.